The lowest BCUT2D eigenvalue weighted by molar-refractivity contribution is -0.119. The number of amides is 1. The number of rotatable bonds is 3. The standard InChI is InChI=1S/C14H15N3O3S2/c1-10(18)15-8-11-2-4-12(5-3-11)13-9-21-14-16-22(19,20)7-6-17(13)14/h2-5,9H,6-8H2,1H3,(H,15,18). The van der Waals surface area contributed by atoms with Crippen molar-refractivity contribution in [3.05, 3.63) is 40.8 Å². The molecule has 2 heterocycles. The van der Waals surface area contributed by atoms with Gasteiger partial charge in [0.1, 0.15) is 0 Å². The molecule has 1 N–H and O–H groups in total. The lowest BCUT2D eigenvalue weighted by Crippen LogP contribution is -2.34. The van der Waals surface area contributed by atoms with Crippen LogP contribution < -0.4 is 5.32 Å². The molecule has 6 nitrogen and oxygen atoms in total. The Bertz CT molecular complexity index is 767. The number of hydrogen-bond acceptors (Lipinski definition) is 5. The molecule has 0 atom stereocenters. The number of nitrogens with zero attached hydrogens (tertiary/aromatic N) is 2. The number of carbonyl (C=O) groups is 1. The number of carbonyl (C=O) groups excluding carboxylic acids is 1. The van der Waals surface area contributed by atoms with Gasteiger partial charge in [0, 0.05) is 25.4 Å². The first kappa shape index (κ1) is 15.1. The van der Waals surface area contributed by atoms with Crippen LogP contribution in [0.3, 0.4) is 0 Å². The maximum atomic E-state index is 11.5. The molecule has 2 aliphatic heterocycles. The Morgan fingerprint density at radius 2 is 2.09 bits per heavy atom. The molecule has 0 spiro atoms. The summed E-state index contributed by atoms with van der Waals surface area (Å²) in [5, 5.41) is 5.19. The SMILES string of the molecule is CC(=O)NCc1ccc(C2=CSC3=NS(=O)(=O)CCN23)cc1. The lowest BCUT2D eigenvalue weighted by atomic mass is 10.1. The van der Waals surface area contributed by atoms with Gasteiger partial charge < -0.3 is 10.2 Å². The highest BCUT2D eigenvalue weighted by Gasteiger charge is 2.31. The minimum Gasteiger partial charge on any atom is -0.352 e. The molecule has 0 radical (unpaired) electrons. The summed E-state index contributed by atoms with van der Waals surface area (Å²) < 4.78 is 26.8. The van der Waals surface area contributed by atoms with E-state index in [0.717, 1.165) is 16.8 Å². The van der Waals surface area contributed by atoms with Gasteiger partial charge in [-0.25, -0.2) is 8.42 Å². The van der Waals surface area contributed by atoms with Crippen molar-refractivity contribution in [1.82, 2.24) is 10.2 Å². The van der Waals surface area contributed by atoms with Crippen LogP contribution in [0.25, 0.3) is 5.70 Å². The fraction of sp³-hybridized carbons (Fsp3) is 0.286. The van der Waals surface area contributed by atoms with Crippen LogP contribution in [0.2, 0.25) is 0 Å². The van der Waals surface area contributed by atoms with Crippen LogP contribution in [0.1, 0.15) is 18.1 Å². The Morgan fingerprint density at radius 1 is 1.36 bits per heavy atom. The van der Waals surface area contributed by atoms with E-state index >= 15 is 0 Å². The Hall–Kier alpha value is -1.80. The van der Waals surface area contributed by atoms with Gasteiger partial charge in [-0.15, -0.1) is 4.40 Å². The second-order valence-electron chi connectivity index (χ2n) is 5.04. The summed E-state index contributed by atoms with van der Waals surface area (Å²) in [6, 6.07) is 7.84. The molecule has 0 saturated heterocycles. The largest absolute Gasteiger partial charge is 0.352 e. The van der Waals surface area contributed by atoms with Crippen molar-refractivity contribution in [1.29, 1.82) is 0 Å². The van der Waals surface area contributed by atoms with Gasteiger partial charge in [0.05, 0.1) is 11.4 Å². The highest BCUT2D eigenvalue weighted by atomic mass is 32.2. The first-order chi connectivity index (χ1) is 10.4. The Morgan fingerprint density at radius 3 is 2.77 bits per heavy atom. The molecule has 3 rings (SSSR count). The molecular formula is C14H15N3O3S2. The van der Waals surface area contributed by atoms with Crippen molar-refractivity contribution in [2.45, 2.75) is 13.5 Å². The maximum absolute atomic E-state index is 11.5. The summed E-state index contributed by atoms with van der Waals surface area (Å²) in [4.78, 5) is 12.8. The quantitative estimate of drug-likeness (QED) is 0.901. The average Bonchev–Trinajstić information content (AvgIpc) is 2.87. The minimum absolute atomic E-state index is 0.0367. The van der Waals surface area contributed by atoms with E-state index < -0.39 is 10.0 Å². The summed E-state index contributed by atoms with van der Waals surface area (Å²) in [6.07, 6.45) is 0. The first-order valence-electron chi connectivity index (χ1n) is 6.75. The molecule has 0 unspecified atom stereocenters. The summed E-state index contributed by atoms with van der Waals surface area (Å²) in [6.45, 7) is 2.41. The average molecular weight is 337 g/mol. The third-order valence-corrected chi connectivity index (χ3v) is 5.51. The molecule has 116 valence electrons. The van der Waals surface area contributed by atoms with Crippen LogP contribution in [0, 0.1) is 0 Å². The van der Waals surface area contributed by atoms with E-state index in [1.54, 1.807) is 0 Å². The molecule has 0 aromatic heterocycles. The number of thioether (sulfide) groups is 1. The Labute approximate surface area is 133 Å². The van der Waals surface area contributed by atoms with Crippen molar-refractivity contribution in [3.63, 3.8) is 0 Å². The van der Waals surface area contributed by atoms with E-state index in [1.807, 2.05) is 34.6 Å². The minimum atomic E-state index is -3.31. The molecule has 0 bridgehead atoms. The van der Waals surface area contributed by atoms with Gasteiger partial charge in [-0.2, -0.15) is 0 Å². The molecule has 1 aromatic rings. The predicted octanol–water partition coefficient (Wildman–Crippen LogP) is 1.37. The monoisotopic (exact) mass is 337 g/mol. The normalized spacial score (nSPS) is 19.2. The smallest absolute Gasteiger partial charge is 0.257 e. The van der Waals surface area contributed by atoms with E-state index in [9.17, 15) is 13.2 Å². The van der Waals surface area contributed by atoms with E-state index in [0.29, 0.717) is 18.3 Å². The Balaban J connectivity index is 1.77. The van der Waals surface area contributed by atoms with Crippen LogP contribution >= 0.6 is 11.8 Å². The number of amidine groups is 1. The van der Waals surface area contributed by atoms with Crippen LogP contribution in [-0.2, 0) is 21.4 Å². The third-order valence-electron chi connectivity index (χ3n) is 3.38. The molecule has 8 heteroatoms. The summed E-state index contributed by atoms with van der Waals surface area (Å²) in [7, 11) is -3.31. The molecule has 2 aliphatic rings. The second-order valence-corrected chi connectivity index (χ2v) is 7.63. The van der Waals surface area contributed by atoms with E-state index in [2.05, 4.69) is 9.71 Å². The number of hydrogen-bond donors (Lipinski definition) is 1. The number of sulfonamides is 1. The zero-order chi connectivity index (χ0) is 15.7. The number of benzene rings is 1. The lowest BCUT2D eigenvalue weighted by Gasteiger charge is -2.25. The highest BCUT2D eigenvalue weighted by molar-refractivity contribution is 8.17. The number of fused-ring (bicyclic) bond motifs is 1. The van der Waals surface area contributed by atoms with Crippen LogP contribution in [0.4, 0.5) is 0 Å². The predicted molar refractivity (Wildman–Crippen MR) is 87.5 cm³/mol. The van der Waals surface area contributed by atoms with Gasteiger partial charge in [-0.1, -0.05) is 36.0 Å². The van der Waals surface area contributed by atoms with E-state index in [-0.39, 0.29) is 11.7 Å². The second kappa shape index (κ2) is 5.77. The summed E-state index contributed by atoms with van der Waals surface area (Å²) in [5.41, 5.74) is 2.98. The molecule has 0 saturated carbocycles. The fourth-order valence-corrected chi connectivity index (χ4v) is 4.39. The van der Waals surface area contributed by atoms with Crippen molar-refractivity contribution in [2.24, 2.45) is 4.40 Å². The highest BCUT2D eigenvalue weighted by Crippen LogP contribution is 2.35. The molecule has 1 aromatic carbocycles. The van der Waals surface area contributed by atoms with Gasteiger partial charge in [-0.05, 0) is 11.1 Å². The van der Waals surface area contributed by atoms with Crippen molar-refractivity contribution < 1.29 is 13.2 Å². The van der Waals surface area contributed by atoms with Crippen molar-refractivity contribution in [3.8, 4) is 0 Å². The van der Waals surface area contributed by atoms with Gasteiger partial charge >= 0.3 is 0 Å². The van der Waals surface area contributed by atoms with Crippen LogP contribution in [0.5, 0.6) is 0 Å². The van der Waals surface area contributed by atoms with Crippen molar-refractivity contribution in [2.75, 3.05) is 12.3 Å². The molecule has 1 amide bonds. The van der Waals surface area contributed by atoms with Gasteiger partial charge in [-0.3, -0.25) is 4.79 Å². The van der Waals surface area contributed by atoms with E-state index in [1.165, 1.54) is 18.7 Å². The van der Waals surface area contributed by atoms with Gasteiger partial charge in [0.25, 0.3) is 10.0 Å². The van der Waals surface area contributed by atoms with Crippen molar-refractivity contribution >= 4 is 38.6 Å². The zero-order valence-electron chi connectivity index (χ0n) is 11.9. The van der Waals surface area contributed by atoms with Crippen LogP contribution in [0.15, 0.2) is 34.1 Å². The maximum Gasteiger partial charge on any atom is 0.257 e. The summed E-state index contributed by atoms with van der Waals surface area (Å²) in [5.74, 6) is -0.0241. The number of nitrogens with one attached hydrogen (secondary N) is 1. The van der Waals surface area contributed by atoms with Gasteiger partial charge in [0.15, 0.2) is 5.17 Å². The molecule has 22 heavy (non-hydrogen) atoms. The topological polar surface area (TPSA) is 78.8 Å². The third kappa shape index (κ3) is 3.17. The molecule has 0 aliphatic carbocycles. The first-order valence-corrected chi connectivity index (χ1v) is 9.24. The zero-order valence-corrected chi connectivity index (χ0v) is 13.6. The Kier molecular flexibility index (Phi) is 3.96. The molecular weight excluding hydrogens is 322 g/mol. The summed E-state index contributed by atoms with van der Waals surface area (Å²) >= 11 is 1.33. The molecule has 0 fully saturated rings. The van der Waals surface area contributed by atoms with E-state index in [4.69, 9.17) is 0 Å². The fourth-order valence-electron chi connectivity index (χ4n) is 2.24. The van der Waals surface area contributed by atoms with Gasteiger partial charge in [0.2, 0.25) is 5.91 Å². The van der Waals surface area contributed by atoms with Crippen LogP contribution in [-0.4, -0.2) is 36.7 Å².